The maximum absolute atomic E-state index is 6.29. The van der Waals surface area contributed by atoms with Crippen LogP contribution in [-0.4, -0.2) is 21.9 Å². The number of hydrogen-bond acceptors (Lipinski definition) is 4. The van der Waals surface area contributed by atoms with Crippen LogP contribution in [-0.2, 0) is 0 Å². The summed E-state index contributed by atoms with van der Waals surface area (Å²) in [6.45, 7) is 4.12. The molecule has 2 rings (SSSR count). The number of aromatic nitrogens is 3. The van der Waals surface area contributed by atoms with Gasteiger partial charge in [-0.05, 0) is 25.5 Å². The molecular weight excluding hydrogens is 228 g/mol. The lowest BCUT2D eigenvalue weighted by molar-refractivity contribution is 0.401. The number of nitrogens with zero attached hydrogens (tertiary/aromatic N) is 3. The van der Waals surface area contributed by atoms with Crippen LogP contribution in [0, 0.1) is 0 Å². The topological polar surface area (TPSA) is 66.0 Å². The van der Waals surface area contributed by atoms with Crippen molar-refractivity contribution in [2.75, 3.05) is 7.11 Å². The van der Waals surface area contributed by atoms with Crippen LogP contribution < -0.4 is 10.5 Å². The second-order valence-electron chi connectivity index (χ2n) is 4.40. The summed E-state index contributed by atoms with van der Waals surface area (Å²) in [5, 5.41) is 4.32. The first-order valence-electron chi connectivity index (χ1n) is 5.92. The highest BCUT2D eigenvalue weighted by molar-refractivity contribution is 5.35. The van der Waals surface area contributed by atoms with Crippen LogP contribution >= 0.6 is 0 Å². The SMILES string of the molecule is COc1cnn(C(C)C)c1C(N)c1cccnc1. The van der Waals surface area contributed by atoms with Gasteiger partial charge in [0.15, 0.2) is 5.75 Å². The van der Waals surface area contributed by atoms with Crippen molar-refractivity contribution in [3.05, 3.63) is 42.0 Å². The molecule has 0 fully saturated rings. The van der Waals surface area contributed by atoms with Crippen LogP contribution in [0.1, 0.15) is 37.2 Å². The lowest BCUT2D eigenvalue weighted by Crippen LogP contribution is -2.19. The summed E-state index contributed by atoms with van der Waals surface area (Å²) in [6, 6.07) is 3.76. The minimum Gasteiger partial charge on any atom is -0.493 e. The van der Waals surface area contributed by atoms with Gasteiger partial charge in [-0.25, -0.2) is 0 Å². The van der Waals surface area contributed by atoms with E-state index in [0.29, 0.717) is 5.75 Å². The third-order valence-electron chi connectivity index (χ3n) is 2.85. The third kappa shape index (κ3) is 2.22. The molecule has 0 aromatic carbocycles. The predicted molar refractivity (Wildman–Crippen MR) is 69.4 cm³/mol. The molecule has 5 heteroatoms. The van der Waals surface area contributed by atoms with Gasteiger partial charge in [0.05, 0.1) is 19.3 Å². The molecule has 2 heterocycles. The van der Waals surface area contributed by atoms with Gasteiger partial charge in [-0.3, -0.25) is 9.67 Å². The van der Waals surface area contributed by atoms with Gasteiger partial charge < -0.3 is 10.5 Å². The molecule has 18 heavy (non-hydrogen) atoms. The van der Waals surface area contributed by atoms with Crippen molar-refractivity contribution in [1.29, 1.82) is 0 Å². The number of hydrogen-bond donors (Lipinski definition) is 1. The molecule has 2 aromatic heterocycles. The van der Waals surface area contributed by atoms with Gasteiger partial charge in [0.2, 0.25) is 0 Å². The van der Waals surface area contributed by atoms with Crippen molar-refractivity contribution in [2.24, 2.45) is 5.73 Å². The summed E-state index contributed by atoms with van der Waals surface area (Å²) in [7, 11) is 1.63. The lowest BCUT2D eigenvalue weighted by Gasteiger charge is -2.18. The van der Waals surface area contributed by atoms with Crippen molar-refractivity contribution >= 4 is 0 Å². The first kappa shape index (κ1) is 12.6. The number of nitrogens with two attached hydrogens (primary N) is 1. The van der Waals surface area contributed by atoms with E-state index in [2.05, 4.69) is 23.9 Å². The Hall–Kier alpha value is -1.88. The standard InChI is InChI=1S/C13H18N4O/c1-9(2)17-13(11(18-3)8-16-17)12(14)10-5-4-6-15-7-10/h4-9,12H,14H2,1-3H3. The van der Waals surface area contributed by atoms with E-state index < -0.39 is 0 Å². The molecule has 0 spiro atoms. The zero-order valence-corrected chi connectivity index (χ0v) is 10.9. The van der Waals surface area contributed by atoms with Gasteiger partial charge in [-0.1, -0.05) is 6.07 Å². The van der Waals surface area contributed by atoms with E-state index in [9.17, 15) is 0 Å². The van der Waals surface area contributed by atoms with Crippen molar-refractivity contribution < 1.29 is 4.74 Å². The molecule has 0 amide bonds. The van der Waals surface area contributed by atoms with Crippen LogP contribution in [0.4, 0.5) is 0 Å². The molecule has 96 valence electrons. The number of methoxy groups -OCH3 is 1. The van der Waals surface area contributed by atoms with E-state index in [-0.39, 0.29) is 12.1 Å². The smallest absolute Gasteiger partial charge is 0.161 e. The molecule has 2 aromatic rings. The highest BCUT2D eigenvalue weighted by atomic mass is 16.5. The predicted octanol–water partition coefficient (Wildman–Crippen LogP) is 1.92. The van der Waals surface area contributed by atoms with E-state index in [4.69, 9.17) is 10.5 Å². The van der Waals surface area contributed by atoms with Gasteiger partial charge >= 0.3 is 0 Å². The molecule has 0 aliphatic rings. The quantitative estimate of drug-likeness (QED) is 0.895. The average Bonchev–Trinajstić information content (AvgIpc) is 2.82. The molecule has 2 N–H and O–H groups in total. The van der Waals surface area contributed by atoms with E-state index in [1.807, 2.05) is 16.8 Å². The summed E-state index contributed by atoms with van der Waals surface area (Å²) < 4.78 is 7.22. The fraction of sp³-hybridized carbons (Fsp3) is 0.385. The number of rotatable bonds is 4. The number of pyridine rings is 1. The van der Waals surface area contributed by atoms with Gasteiger partial charge in [0.1, 0.15) is 5.69 Å². The molecule has 0 radical (unpaired) electrons. The molecule has 0 bridgehead atoms. The average molecular weight is 246 g/mol. The second-order valence-corrected chi connectivity index (χ2v) is 4.40. The fourth-order valence-corrected chi connectivity index (χ4v) is 1.94. The Morgan fingerprint density at radius 3 is 2.67 bits per heavy atom. The Morgan fingerprint density at radius 2 is 2.11 bits per heavy atom. The van der Waals surface area contributed by atoms with Gasteiger partial charge in [-0.15, -0.1) is 0 Å². The van der Waals surface area contributed by atoms with Crippen molar-refractivity contribution in [3.63, 3.8) is 0 Å². The van der Waals surface area contributed by atoms with E-state index in [1.54, 1.807) is 25.7 Å². The lowest BCUT2D eigenvalue weighted by atomic mass is 10.1. The Bertz CT molecular complexity index is 507. The minimum absolute atomic E-state index is 0.228. The summed E-state index contributed by atoms with van der Waals surface area (Å²) in [5.74, 6) is 0.708. The van der Waals surface area contributed by atoms with Crippen LogP contribution in [0.3, 0.4) is 0 Å². The molecule has 5 nitrogen and oxygen atoms in total. The molecule has 0 saturated carbocycles. The molecule has 0 aliphatic heterocycles. The Morgan fingerprint density at radius 1 is 1.33 bits per heavy atom. The molecule has 1 atom stereocenters. The first-order chi connectivity index (χ1) is 8.65. The van der Waals surface area contributed by atoms with E-state index in [0.717, 1.165) is 11.3 Å². The second kappa shape index (κ2) is 5.18. The summed E-state index contributed by atoms with van der Waals surface area (Å²) in [5.41, 5.74) is 8.11. The number of ether oxygens (including phenoxy) is 1. The molecular formula is C13H18N4O. The first-order valence-corrected chi connectivity index (χ1v) is 5.92. The van der Waals surface area contributed by atoms with Crippen molar-refractivity contribution in [1.82, 2.24) is 14.8 Å². The highest BCUT2D eigenvalue weighted by Crippen LogP contribution is 2.29. The minimum atomic E-state index is -0.293. The van der Waals surface area contributed by atoms with Crippen molar-refractivity contribution in [3.8, 4) is 5.75 Å². The molecule has 0 aliphatic carbocycles. The van der Waals surface area contributed by atoms with Crippen LogP contribution in [0.5, 0.6) is 5.75 Å². The van der Waals surface area contributed by atoms with Gasteiger partial charge in [-0.2, -0.15) is 5.10 Å². The maximum atomic E-state index is 6.29. The zero-order valence-electron chi connectivity index (χ0n) is 10.9. The van der Waals surface area contributed by atoms with Crippen LogP contribution in [0.2, 0.25) is 0 Å². The molecule has 0 saturated heterocycles. The Kier molecular flexibility index (Phi) is 3.62. The molecule has 1 unspecified atom stereocenters. The third-order valence-corrected chi connectivity index (χ3v) is 2.85. The summed E-state index contributed by atoms with van der Waals surface area (Å²) in [4.78, 5) is 4.10. The summed E-state index contributed by atoms with van der Waals surface area (Å²) in [6.07, 6.45) is 5.19. The highest BCUT2D eigenvalue weighted by Gasteiger charge is 2.21. The van der Waals surface area contributed by atoms with Crippen LogP contribution in [0.25, 0.3) is 0 Å². The monoisotopic (exact) mass is 246 g/mol. The largest absolute Gasteiger partial charge is 0.493 e. The van der Waals surface area contributed by atoms with Crippen molar-refractivity contribution in [2.45, 2.75) is 25.9 Å². The maximum Gasteiger partial charge on any atom is 0.161 e. The summed E-state index contributed by atoms with van der Waals surface area (Å²) >= 11 is 0. The van der Waals surface area contributed by atoms with Crippen LogP contribution in [0.15, 0.2) is 30.7 Å². The van der Waals surface area contributed by atoms with E-state index >= 15 is 0 Å². The van der Waals surface area contributed by atoms with E-state index in [1.165, 1.54) is 0 Å². The fourth-order valence-electron chi connectivity index (χ4n) is 1.94. The normalized spacial score (nSPS) is 12.7. The Balaban J connectivity index is 2.46. The van der Waals surface area contributed by atoms with Gasteiger partial charge in [0, 0.05) is 18.4 Å². The van der Waals surface area contributed by atoms with Gasteiger partial charge in [0.25, 0.3) is 0 Å². The Labute approximate surface area is 107 Å². The zero-order chi connectivity index (χ0) is 13.1.